The van der Waals surface area contributed by atoms with Gasteiger partial charge in [-0.25, -0.2) is 8.42 Å². The Morgan fingerprint density at radius 3 is 1.96 bits per heavy atom. The van der Waals surface area contributed by atoms with Crippen LogP contribution in [-0.4, -0.2) is 43.8 Å². The number of amides is 2. The highest BCUT2D eigenvalue weighted by atomic mass is 35.5. The molecule has 1 N–H and O–H groups in total. The van der Waals surface area contributed by atoms with Crippen LogP contribution in [0, 0.1) is 0 Å². The third-order valence-electron chi connectivity index (χ3n) is 8.11. The zero-order valence-corrected chi connectivity index (χ0v) is 29.1. The van der Waals surface area contributed by atoms with Crippen LogP contribution in [0.25, 0.3) is 0 Å². The molecule has 4 aromatic carbocycles. The highest BCUT2D eigenvalue weighted by Gasteiger charge is 2.36. The van der Waals surface area contributed by atoms with Gasteiger partial charge in [-0.05, 0) is 60.9 Å². The largest absolute Gasteiger partial charge is 0.352 e. The van der Waals surface area contributed by atoms with Gasteiger partial charge in [0.2, 0.25) is 11.8 Å². The van der Waals surface area contributed by atoms with E-state index in [4.69, 9.17) is 46.4 Å². The molecule has 12 heteroatoms. The first-order valence-electron chi connectivity index (χ1n) is 15.1. The Hall–Kier alpha value is -3.27. The van der Waals surface area contributed by atoms with Crippen LogP contribution in [-0.2, 0) is 32.6 Å². The van der Waals surface area contributed by atoms with Gasteiger partial charge in [-0.1, -0.05) is 114 Å². The average molecular weight is 734 g/mol. The van der Waals surface area contributed by atoms with Gasteiger partial charge >= 0.3 is 0 Å². The first kappa shape index (κ1) is 35.0. The monoisotopic (exact) mass is 731 g/mol. The van der Waals surface area contributed by atoms with E-state index in [0.717, 1.165) is 35.6 Å². The zero-order valence-electron chi connectivity index (χ0n) is 25.3. The minimum absolute atomic E-state index is 0.0230. The van der Waals surface area contributed by atoms with Gasteiger partial charge in [0, 0.05) is 44.7 Å². The van der Waals surface area contributed by atoms with Gasteiger partial charge in [0.15, 0.2) is 0 Å². The molecule has 4 aromatic rings. The van der Waals surface area contributed by atoms with Gasteiger partial charge in [0.25, 0.3) is 10.0 Å². The van der Waals surface area contributed by atoms with E-state index >= 15 is 0 Å². The fraction of sp³-hybridized carbons (Fsp3) is 0.257. The summed E-state index contributed by atoms with van der Waals surface area (Å²) >= 11 is 25.8. The summed E-state index contributed by atoms with van der Waals surface area (Å²) in [7, 11) is -4.31. The normalized spacial score (nSPS) is 14.0. The molecule has 0 aromatic heterocycles. The van der Waals surface area contributed by atoms with Gasteiger partial charge in [-0.15, -0.1) is 0 Å². The Labute approximate surface area is 295 Å². The van der Waals surface area contributed by atoms with E-state index in [-0.39, 0.29) is 45.5 Å². The molecule has 0 saturated heterocycles. The number of nitrogens with zero attached hydrogens (tertiary/aromatic N) is 2. The van der Waals surface area contributed by atoms with Crippen molar-refractivity contribution in [2.75, 3.05) is 10.8 Å². The molecule has 0 radical (unpaired) electrons. The lowest BCUT2D eigenvalue weighted by atomic mass is 10.0. The van der Waals surface area contributed by atoms with E-state index in [0.29, 0.717) is 15.6 Å². The molecule has 5 rings (SSSR count). The number of nitrogens with one attached hydrogen (secondary N) is 1. The van der Waals surface area contributed by atoms with Crippen LogP contribution >= 0.6 is 46.4 Å². The maximum atomic E-state index is 14.7. The Kier molecular flexibility index (Phi) is 11.7. The predicted molar refractivity (Wildman–Crippen MR) is 189 cm³/mol. The number of rotatable bonds is 12. The van der Waals surface area contributed by atoms with E-state index in [9.17, 15) is 18.0 Å². The molecular formula is C35H33Cl4N3O4S. The predicted octanol–water partition coefficient (Wildman–Crippen LogP) is 8.19. The van der Waals surface area contributed by atoms with Crippen molar-refractivity contribution in [1.29, 1.82) is 0 Å². The highest BCUT2D eigenvalue weighted by Crippen LogP contribution is 2.32. The fourth-order valence-electron chi connectivity index (χ4n) is 5.71. The Morgan fingerprint density at radius 2 is 1.36 bits per heavy atom. The molecule has 0 aliphatic heterocycles. The number of carbonyl (C=O) groups excluding carboxylic acids is 2. The Bertz CT molecular complexity index is 1780. The van der Waals surface area contributed by atoms with Crippen LogP contribution in [0.3, 0.4) is 0 Å². The SMILES string of the molecule is O=C(NC1CCCC1)[C@@H](Cc1ccccc1)N(Cc1c(Cl)cccc1Cl)C(=O)CN(c1cc(Cl)cc(Cl)c1)S(=O)(=O)c1ccccc1. The lowest BCUT2D eigenvalue weighted by Crippen LogP contribution is -2.54. The van der Waals surface area contributed by atoms with Crippen molar-refractivity contribution in [2.24, 2.45) is 0 Å². The van der Waals surface area contributed by atoms with Gasteiger partial charge in [-0.2, -0.15) is 0 Å². The van der Waals surface area contributed by atoms with Crippen molar-refractivity contribution in [3.05, 3.63) is 128 Å². The first-order valence-corrected chi connectivity index (χ1v) is 18.1. The van der Waals surface area contributed by atoms with Crippen molar-refractivity contribution in [3.8, 4) is 0 Å². The van der Waals surface area contributed by atoms with Gasteiger partial charge < -0.3 is 10.2 Å². The fourth-order valence-corrected chi connectivity index (χ4v) is 8.16. The minimum Gasteiger partial charge on any atom is -0.352 e. The number of carbonyl (C=O) groups is 2. The number of hydrogen-bond donors (Lipinski definition) is 1. The van der Waals surface area contributed by atoms with E-state index in [1.165, 1.54) is 35.2 Å². The number of anilines is 1. The van der Waals surface area contributed by atoms with Crippen molar-refractivity contribution in [3.63, 3.8) is 0 Å². The van der Waals surface area contributed by atoms with Gasteiger partial charge in [0.1, 0.15) is 12.6 Å². The molecule has 246 valence electrons. The van der Waals surface area contributed by atoms with Crippen LogP contribution in [0.4, 0.5) is 5.69 Å². The quantitative estimate of drug-likeness (QED) is 0.159. The lowest BCUT2D eigenvalue weighted by molar-refractivity contribution is -0.140. The van der Waals surface area contributed by atoms with Crippen LogP contribution in [0.1, 0.15) is 36.8 Å². The third kappa shape index (κ3) is 8.80. The van der Waals surface area contributed by atoms with Crippen LogP contribution in [0.5, 0.6) is 0 Å². The summed E-state index contributed by atoms with van der Waals surface area (Å²) in [4.78, 5) is 30.1. The second kappa shape index (κ2) is 15.8. The molecule has 1 atom stereocenters. The average Bonchev–Trinajstić information content (AvgIpc) is 3.56. The third-order valence-corrected chi connectivity index (χ3v) is 11.0. The zero-order chi connectivity index (χ0) is 33.6. The maximum Gasteiger partial charge on any atom is 0.264 e. The van der Waals surface area contributed by atoms with Crippen molar-refractivity contribution in [1.82, 2.24) is 10.2 Å². The summed E-state index contributed by atoms with van der Waals surface area (Å²) in [6.45, 7) is -0.819. The van der Waals surface area contributed by atoms with Crippen molar-refractivity contribution in [2.45, 2.75) is 55.6 Å². The number of benzene rings is 4. The summed E-state index contributed by atoms with van der Waals surface area (Å²) in [6.07, 6.45) is 3.85. The molecule has 0 heterocycles. The molecule has 1 fully saturated rings. The highest BCUT2D eigenvalue weighted by molar-refractivity contribution is 7.92. The lowest BCUT2D eigenvalue weighted by Gasteiger charge is -2.34. The summed E-state index contributed by atoms with van der Waals surface area (Å²) in [5.41, 5.74) is 1.34. The van der Waals surface area contributed by atoms with Crippen LogP contribution in [0.2, 0.25) is 20.1 Å². The molecule has 1 aliphatic rings. The molecule has 1 saturated carbocycles. The van der Waals surface area contributed by atoms with Gasteiger partial charge in [-0.3, -0.25) is 13.9 Å². The van der Waals surface area contributed by atoms with E-state index in [1.54, 1.807) is 36.4 Å². The van der Waals surface area contributed by atoms with E-state index < -0.39 is 28.5 Å². The molecule has 0 unspecified atom stereocenters. The topological polar surface area (TPSA) is 86.8 Å². The smallest absolute Gasteiger partial charge is 0.264 e. The summed E-state index contributed by atoms with van der Waals surface area (Å²) in [5.74, 6) is -1.00. The van der Waals surface area contributed by atoms with Crippen molar-refractivity contribution < 1.29 is 18.0 Å². The van der Waals surface area contributed by atoms with Crippen molar-refractivity contribution >= 4 is 73.9 Å². The second-order valence-electron chi connectivity index (χ2n) is 11.4. The molecule has 2 amide bonds. The number of sulfonamides is 1. The van der Waals surface area contributed by atoms with E-state index in [1.807, 2.05) is 30.3 Å². The van der Waals surface area contributed by atoms with E-state index in [2.05, 4.69) is 5.32 Å². The number of hydrogen-bond acceptors (Lipinski definition) is 4. The standard InChI is InChI=1S/C35H33Cl4N3O4S/c36-25-19-26(37)21-28(20-25)42(47(45,46)29-14-5-2-6-15-29)23-34(43)41(22-30-31(38)16-9-17-32(30)39)33(18-24-10-3-1-4-11-24)35(44)40-27-12-7-8-13-27/h1-6,9-11,14-17,19-21,27,33H,7-8,12-13,18,22-23H2,(H,40,44)/t33-/m1/s1. The molecule has 0 bridgehead atoms. The maximum absolute atomic E-state index is 14.7. The van der Waals surface area contributed by atoms with Crippen LogP contribution in [0.15, 0.2) is 102 Å². The minimum atomic E-state index is -4.31. The molecule has 47 heavy (non-hydrogen) atoms. The summed E-state index contributed by atoms with van der Waals surface area (Å²) < 4.78 is 29.3. The summed E-state index contributed by atoms with van der Waals surface area (Å²) in [5, 5.41) is 4.12. The summed E-state index contributed by atoms with van der Waals surface area (Å²) in [6, 6.07) is 25.3. The first-order chi connectivity index (χ1) is 22.5. The second-order valence-corrected chi connectivity index (χ2v) is 14.9. The molecule has 0 spiro atoms. The Morgan fingerprint density at radius 1 is 0.787 bits per heavy atom. The van der Waals surface area contributed by atoms with Gasteiger partial charge in [0.05, 0.1) is 10.6 Å². The van der Waals surface area contributed by atoms with Crippen LogP contribution < -0.4 is 9.62 Å². The molecule has 7 nitrogen and oxygen atoms in total. The molecular weight excluding hydrogens is 700 g/mol. The molecule has 1 aliphatic carbocycles. The number of halogens is 4. The Balaban J connectivity index is 1.61.